The minimum atomic E-state index is -2.83. The molecule has 1 aliphatic carbocycles. The lowest BCUT2D eigenvalue weighted by Crippen LogP contribution is -2.37. The maximum atomic E-state index is 13.8. The molecule has 35 heavy (non-hydrogen) atoms. The van der Waals surface area contributed by atoms with E-state index in [1.165, 1.54) is 21.6 Å². The van der Waals surface area contributed by atoms with Gasteiger partial charge in [0.25, 0.3) is 12.3 Å². The molecule has 1 saturated carbocycles. The molecule has 1 unspecified atom stereocenters. The van der Waals surface area contributed by atoms with Gasteiger partial charge in [0.1, 0.15) is 11.4 Å². The Labute approximate surface area is 199 Å². The Hall–Kier alpha value is -3.12. The molecule has 2 N–H and O–H groups in total. The molecule has 3 aromatic heterocycles. The summed E-state index contributed by atoms with van der Waals surface area (Å²) in [7, 11) is 0. The zero-order valence-corrected chi connectivity index (χ0v) is 19.1. The second kappa shape index (κ2) is 8.83. The van der Waals surface area contributed by atoms with Crippen LogP contribution in [-0.2, 0) is 4.74 Å². The Kier molecular flexibility index (Phi) is 5.64. The van der Waals surface area contributed by atoms with Gasteiger partial charge in [-0.25, -0.2) is 18.3 Å². The number of aliphatic hydroxyl groups excluding tert-OH is 1. The first-order valence-corrected chi connectivity index (χ1v) is 12.0. The summed E-state index contributed by atoms with van der Waals surface area (Å²) in [6.07, 6.45) is 6.06. The van der Waals surface area contributed by atoms with Crippen LogP contribution in [0, 0.1) is 5.92 Å². The normalized spacial score (nSPS) is 26.2. The molecule has 10 nitrogen and oxygen atoms in total. The van der Waals surface area contributed by atoms with E-state index in [2.05, 4.69) is 25.4 Å². The molecule has 186 valence electrons. The molecule has 3 aliphatic rings. The third-order valence-electron chi connectivity index (χ3n) is 7.46. The predicted molar refractivity (Wildman–Crippen MR) is 122 cm³/mol. The first kappa shape index (κ1) is 22.4. The molecule has 0 spiro atoms. The Morgan fingerprint density at radius 3 is 2.77 bits per heavy atom. The largest absolute Gasteiger partial charge is 0.396 e. The zero-order chi connectivity index (χ0) is 24.1. The number of rotatable bonds is 6. The highest BCUT2D eigenvalue weighted by molar-refractivity contribution is 6.08. The van der Waals surface area contributed by atoms with Gasteiger partial charge in [-0.2, -0.15) is 10.2 Å². The number of hydrogen-bond acceptors (Lipinski definition) is 7. The van der Waals surface area contributed by atoms with E-state index in [1.807, 2.05) is 6.07 Å². The summed E-state index contributed by atoms with van der Waals surface area (Å²) in [5, 5.41) is 20.3. The molecular formula is C23H27F2N7O3. The predicted octanol–water partition coefficient (Wildman–Crippen LogP) is 2.82. The van der Waals surface area contributed by atoms with Gasteiger partial charge >= 0.3 is 0 Å². The van der Waals surface area contributed by atoms with E-state index in [1.54, 1.807) is 6.20 Å². The maximum absolute atomic E-state index is 13.8. The van der Waals surface area contributed by atoms with Crippen LogP contribution in [0.15, 0.2) is 24.7 Å². The molecule has 3 aromatic rings. The number of amides is 1. The number of morpholine rings is 1. The van der Waals surface area contributed by atoms with Crippen molar-refractivity contribution in [3.63, 3.8) is 0 Å². The number of nitrogens with zero attached hydrogens (tertiary/aromatic N) is 6. The highest BCUT2D eigenvalue weighted by Crippen LogP contribution is 2.35. The number of ether oxygens (including phenoxy) is 1. The average molecular weight is 488 g/mol. The highest BCUT2D eigenvalue weighted by Gasteiger charge is 2.39. The maximum Gasteiger partial charge on any atom is 0.284 e. The smallest absolute Gasteiger partial charge is 0.284 e. The van der Waals surface area contributed by atoms with Crippen molar-refractivity contribution in [1.29, 1.82) is 0 Å². The fraction of sp³-hybridized carbons (Fsp3) is 0.565. The highest BCUT2D eigenvalue weighted by atomic mass is 19.3. The summed E-state index contributed by atoms with van der Waals surface area (Å²) in [6.45, 7) is 1.55. The Morgan fingerprint density at radius 2 is 2.09 bits per heavy atom. The van der Waals surface area contributed by atoms with Gasteiger partial charge in [0.15, 0.2) is 11.3 Å². The lowest BCUT2D eigenvalue weighted by molar-refractivity contribution is 0.0988. The number of nitrogens with one attached hydrogen (secondary N) is 1. The molecule has 2 bridgehead atoms. The fourth-order valence-corrected chi connectivity index (χ4v) is 5.49. The molecule has 2 aliphatic heterocycles. The molecule has 2 saturated heterocycles. The summed E-state index contributed by atoms with van der Waals surface area (Å²) in [4.78, 5) is 20.0. The van der Waals surface area contributed by atoms with Gasteiger partial charge in [-0.3, -0.25) is 9.48 Å². The third kappa shape index (κ3) is 4.04. The number of anilines is 2. The van der Waals surface area contributed by atoms with Crippen LogP contribution >= 0.6 is 0 Å². The standard InChI is InChI=1S/C23H27F2N7O3/c24-21(25)20-18(10-32(29-20)14-3-1-13(11-33)2-4-14)27-23(34)17-8-26-31-6-5-19(28-22(17)31)30-9-16-7-15(30)12-35-16/h5-6,8,10,13-16,21,33H,1-4,7,9,11-12H2,(H,27,34)/t13?,14?,15-,16?/m0/s1. The average Bonchev–Trinajstić information content (AvgIpc) is 3.66. The van der Waals surface area contributed by atoms with Crippen LogP contribution in [0.4, 0.5) is 20.3 Å². The van der Waals surface area contributed by atoms with E-state index >= 15 is 0 Å². The number of hydrogen-bond donors (Lipinski definition) is 2. The molecule has 12 heteroatoms. The van der Waals surface area contributed by atoms with E-state index in [4.69, 9.17) is 4.74 Å². The number of aromatic nitrogens is 5. The third-order valence-corrected chi connectivity index (χ3v) is 7.46. The summed E-state index contributed by atoms with van der Waals surface area (Å²) in [6, 6.07) is 2.08. The van der Waals surface area contributed by atoms with Gasteiger partial charge in [-0.1, -0.05) is 0 Å². The van der Waals surface area contributed by atoms with Crippen molar-refractivity contribution in [3.8, 4) is 0 Å². The lowest BCUT2D eigenvalue weighted by Gasteiger charge is -2.27. The Bertz CT molecular complexity index is 1240. The van der Waals surface area contributed by atoms with Crippen molar-refractivity contribution >= 4 is 23.1 Å². The van der Waals surface area contributed by atoms with Gasteiger partial charge in [-0.05, 0) is 44.1 Å². The number of alkyl halides is 2. The van der Waals surface area contributed by atoms with E-state index < -0.39 is 18.0 Å². The van der Waals surface area contributed by atoms with Crippen LogP contribution in [0.3, 0.4) is 0 Å². The van der Waals surface area contributed by atoms with Crippen molar-refractivity contribution in [2.45, 2.75) is 56.7 Å². The van der Waals surface area contributed by atoms with Crippen LogP contribution in [0.1, 0.15) is 60.6 Å². The molecule has 2 atom stereocenters. The van der Waals surface area contributed by atoms with Gasteiger partial charge < -0.3 is 20.1 Å². The number of carbonyl (C=O) groups excluding carboxylic acids is 1. The van der Waals surface area contributed by atoms with E-state index in [9.17, 15) is 18.7 Å². The van der Waals surface area contributed by atoms with Gasteiger partial charge in [0, 0.05) is 25.5 Å². The summed E-state index contributed by atoms with van der Waals surface area (Å²) >= 11 is 0. The monoisotopic (exact) mass is 487 g/mol. The molecule has 6 rings (SSSR count). The van der Waals surface area contributed by atoms with Crippen molar-refractivity contribution in [3.05, 3.63) is 35.9 Å². The van der Waals surface area contributed by atoms with Gasteiger partial charge in [0.05, 0.1) is 36.7 Å². The van der Waals surface area contributed by atoms with Crippen molar-refractivity contribution in [1.82, 2.24) is 24.4 Å². The van der Waals surface area contributed by atoms with Crippen LogP contribution in [-0.4, -0.2) is 67.3 Å². The molecule has 1 amide bonds. The van der Waals surface area contributed by atoms with Gasteiger partial charge in [0.2, 0.25) is 0 Å². The second-order valence-electron chi connectivity index (χ2n) is 9.63. The minimum absolute atomic E-state index is 0.0150. The van der Waals surface area contributed by atoms with Crippen LogP contribution in [0.2, 0.25) is 0 Å². The first-order chi connectivity index (χ1) is 17.0. The topological polar surface area (TPSA) is 110 Å². The summed E-state index contributed by atoms with van der Waals surface area (Å²) in [5.41, 5.74) is 0.0838. The van der Waals surface area contributed by atoms with Crippen LogP contribution < -0.4 is 10.2 Å². The van der Waals surface area contributed by atoms with Gasteiger partial charge in [-0.15, -0.1) is 0 Å². The molecule has 3 fully saturated rings. The minimum Gasteiger partial charge on any atom is -0.396 e. The SMILES string of the molecule is O=C(Nc1cn(C2CCC(CO)CC2)nc1C(F)F)c1cnn2ccc(N3CC4C[C@H]3CO4)nc12. The quantitative estimate of drug-likeness (QED) is 0.550. The van der Waals surface area contributed by atoms with E-state index in [0.29, 0.717) is 12.3 Å². The van der Waals surface area contributed by atoms with E-state index in [-0.39, 0.29) is 42.0 Å². The number of aliphatic hydroxyl groups is 1. The summed E-state index contributed by atoms with van der Waals surface area (Å²) < 4.78 is 36.2. The summed E-state index contributed by atoms with van der Waals surface area (Å²) in [5.74, 6) is 0.413. The fourth-order valence-electron chi connectivity index (χ4n) is 5.49. The molecule has 5 heterocycles. The van der Waals surface area contributed by atoms with E-state index in [0.717, 1.165) is 44.5 Å². The molecular weight excluding hydrogens is 460 g/mol. The van der Waals surface area contributed by atoms with Crippen molar-refractivity contribution < 1.29 is 23.4 Å². The van der Waals surface area contributed by atoms with Crippen molar-refractivity contribution in [2.24, 2.45) is 5.92 Å². The second-order valence-corrected chi connectivity index (χ2v) is 9.63. The molecule has 0 radical (unpaired) electrons. The number of carbonyl (C=O) groups is 1. The zero-order valence-electron chi connectivity index (χ0n) is 19.1. The van der Waals surface area contributed by atoms with Crippen LogP contribution in [0.5, 0.6) is 0 Å². The van der Waals surface area contributed by atoms with Crippen molar-refractivity contribution in [2.75, 3.05) is 30.0 Å². The Balaban J connectivity index is 1.24. The first-order valence-electron chi connectivity index (χ1n) is 12.0. The number of fused-ring (bicyclic) bond motifs is 3. The lowest BCUT2D eigenvalue weighted by atomic mass is 9.87. The van der Waals surface area contributed by atoms with Crippen LogP contribution in [0.25, 0.3) is 5.65 Å². The molecule has 0 aromatic carbocycles. The Morgan fingerprint density at radius 1 is 1.26 bits per heavy atom. The number of halogens is 2.